The van der Waals surface area contributed by atoms with Crippen molar-refractivity contribution in [3.8, 4) is 5.95 Å². The number of nitrogens with one attached hydrogen (secondary N) is 1. The Bertz CT molecular complexity index is 961. The fourth-order valence-electron chi connectivity index (χ4n) is 3.65. The lowest BCUT2D eigenvalue weighted by Gasteiger charge is -2.36. The molecule has 0 radical (unpaired) electrons. The van der Waals surface area contributed by atoms with Crippen molar-refractivity contribution in [2.75, 3.05) is 11.4 Å². The smallest absolute Gasteiger partial charge is 0.236 e. The quantitative estimate of drug-likeness (QED) is 0.696. The molecule has 4 rings (SSSR count). The third kappa shape index (κ3) is 4.77. The minimum Gasteiger partial charge on any atom is -0.353 e. The van der Waals surface area contributed by atoms with Gasteiger partial charge < -0.3 is 10.2 Å². The first-order valence-electron chi connectivity index (χ1n) is 9.78. The van der Waals surface area contributed by atoms with E-state index in [0.29, 0.717) is 18.9 Å². The Kier molecular flexibility index (Phi) is 5.79. The first-order valence-corrected chi connectivity index (χ1v) is 9.78. The van der Waals surface area contributed by atoms with Crippen LogP contribution in [0.4, 0.5) is 10.2 Å². The Hall–Kier alpha value is -3.29. The summed E-state index contributed by atoms with van der Waals surface area (Å²) in [7, 11) is 0. The fourth-order valence-corrected chi connectivity index (χ4v) is 3.65. The molecule has 0 bridgehead atoms. The number of amides is 1. The Balaban J connectivity index is 1.42. The number of halogens is 1. The summed E-state index contributed by atoms with van der Waals surface area (Å²) >= 11 is 0. The van der Waals surface area contributed by atoms with Gasteiger partial charge in [-0.1, -0.05) is 12.1 Å². The van der Waals surface area contributed by atoms with E-state index in [2.05, 4.69) is 25.2 Å². The molecule has 2 aromatic heterocycles. The van der Waals surface area contributed by atoms with Crippen LogP contribution in [0, 0.1) is 5.82 Å². The molecule has 1 amide bonds. The summed E-state index contributed by atoms with van der Waals surface area (Å²) in [6, 6.07) is 8.23. The van der Waals surface area contributed by atoms with Crippen molar-refractivity contribution in [3.63, 3.8) is 0 Å². The molecule has 1 aliphatic heterocycles. The zero-order chi connectivity index (χ0) is 20.1. The monoisotopic (exact) mass is 394 g/mol. The molecule has 29 heavy (non-hydrogen) atoms. The third-order valence-electron chi connectivity index (χ3n) is 5.08. The van der Waals surface area contributed by atoms with Crippen molar-refractivity contribution >= 4 is 11.7 Å². The lowest BCUT2D eigenvalue weighted by Crippen LogP contribution is -2.43. The number of benzene rings is 1. The van der Waals surface area contributed by atoms with Crippen LogP contribution < -0.4 is 10.2 Å². The minimum atomic E-state index is -0.298. The van der Waals surface area contributed by atoms with Crippen LogP contribution >= 0.6 is 0 Å². The summed E-state index contributed by atoms with van der Waals surface area (Å²) in [4.78, 5) is 27.7. The number of aromatic nitrogens is 4. The van der Waals surface area contributed by atoms with E-state index < -0.39 is 0 Å². The third-order valence-corrected chi connectivity index (χ3v) is 5.08. The van der Waals surface area contributed by atoms with Gasteiger partial charge in [-0.25, -0.2) is 14.4 Å². The highest BCUT2D eigenvalue weighted by atomic mass is 19.1. The highest BCUT2D eigenvalue weighted by Gasteiger charge is 2.26. The summed E-state index contributed by atoms with van der Waals surface area (Å²) in [5.41, 5.74) is 0.750. The van der Waals surface area contributed by atoms with Gasteiger partial charge in [-0.2, -0.15) is 4.98 Å². The van der Waals surface area contributed by atoms with E-state index in [1.807, 2.05) is 6.07 Å². The van der Waals surface area contributed by atoms with Crippen molar-refractivity contribution in [1.82, 2.24) is 24.8 Å². The summed E-state index contributed by atoms with van der Waals surface area (Å²) in [5, 5.41) is 2.90. The molecule has 3 aromatic rings. The van der Waals surface area contributed by atoms with E-state index in [1.165, 1.54) is 12.1 Å². The van der Waals surface area contributed by atoms with Gasteiger partial charge in [0, 0.05) is 44.1 Å². The second-order valence-corrected chi connectivity index (χ2v) is 7.14. The lowest BCUT2D eigenvalue weighted by atomic mass is 9.99. The van der Waals surface area contributed by atoms with Crippen LogP contribution in [0.2, 0.25) is 0 Å². The number of carbonyl (C=O) groups is 1. The van der Waals surface area contributed by atoms with Gasteiger partial charge in [0.1, 0.15) is 18.0 Å². The molecule has 1 aromatic carbocycles. The summed E-state index contributed by atoms with van der Waals surface area (Å²) in [5.74, 6) is 1.02. The molecule has 7 nitrogen and oxygen atoms in total. The largest absolute Gasteiger partial charge is 0.353 e. The number of nitrogens with zero attached hydrogens (tertiary/aromatic N) is 5. The number of anilines is 1. The predicted octanol–water partition coefficient (Wildman–Crippen LogP) is 2.87. The molecule has 1 saturated heterocycles. The molecule has 1 atom stereocenters. The highest BCUT2D eigenvalue weighted by Crippen LogP contribution is 2.25. The van der Waals surface area contributed by atoms with Crippen LogP contribution in [0.25, 0.3) is 5.95 Å². The number of piperidine rings is 1. The summed E-state index contributed by atoms with van der Waals surface area (Å²) in [6.45, 7) is 1.17. The first-order chi connectivity index (χ1) is 14.2. The van der Waals surface area contributed by atoms with Crippen LogP contribution in [0.5, 0.6) is 0 Å². The molecule has 0 saturated carbocycles. The Morgan fingerprint density at radius 2 is 2.17 bits per heavy atom. The van der Waals surface area contributed by atoms with Gasteiger partial charge in [0.15, 0.2) is 0 Å². The highest BCUT2D eigenvalue weighted by molar-refractivity contribution is 5.77. The Morgan fingerprint density at radius 1 is 1.24 bits per heavy atom. The van der Waals surface area contributed by atoms with Gasteiger partial charge in [-0.05, 0) is 43.0 Å². The van der Waals surface area contributed by atoms with E-state index in [1.54, 1.807) is 41.6 Å². The van der Waals surface area contributed by atoms with E-state index in [-0.39, 0.29) is 17.8 Å². The zero-order valence-electron chi connectivity index (χ0n) is 16.0. The molecule has 8 heteroatoms. The molecule has 0 aliphatic carbocycles. The summed E-state index contributed by atoms with van der Waals surface area (Å²) < 4.78 is 15.1. The number of rotatable bonds is 6. The first kappa shape index (κ1) is 19.0. The predicted molar refractivity (Wildman–Crippen MR) is 107 cm³/mol. The van der Waals surface area contributed by atoms with Crippen molar-refractivity contribution in [2.45, 2.75) is 38.3 Å². The number of carbonyl (C=O) groups excluding carboxylic acids is 1. The average Bonchev–Trinajstić information content (AvgIpc) is 3.28. The molecular formula is C21H23FN6O. The van der Waals surface area contributed by atoms with E-state index in [9.17, 15) is 9.18 Å². The number of hydrogen-bond acceptors (Lipinski definition) is 5. The van der Waals surface area contributed by atoms with Crippen LogP contribution in [0.1, 0.15) is 31.2 Å². The van der Waals surface area contributed by atoms with E-state index >= 15 is 0 Å². The standard InChI is InChI=1S/C21H23FN6O/c22-17-5-3-4-16(12-17)14-25-20(29)13-18-6-1-2-10-28(18)19-7-8-24-21(26-19)27-11-9-23-15-27/h3-5,7-9,11-12,15,18H,1-2,6,10,13-14H2,(H,25,29). The second kappa shape index (κ2) is 8.81. The maximum atomic E-state index is 13.3. The maximum Gasteiger partial charge on any atom is 0.236 e. The molecule has 1 N–H and O–H groups in total. The van der Waals surface area contributed by atoms with Crippen molar-refractivity contribution in [2.24, 2.45) is 0 Å². The fraction of sp³-hybridized carbons (Fsp3) is 0.333. The molecule has 1 fully saturated rings. The second-order valence-electron chi connectivity index (χ2n) is 7.14. The van der Waals surface area contributed by atoms with Crippen LogP contribution in [-0.4, -0.2) is 38.0 Å². The molecule has 0 spiro atoms. The van der Waals surface area contributed by atoms with E-state index in [0.717, 1.165) is 37.2 Å². The minimum absolute atomic E-state index is 0.0462. The average molecular weight is 394 g/mol. The number of imidazole rings is 1. The molecular weight excluding hydrogens is 371 g/mol. The van der Waals surface area contributed by atoms with Crippen LogP contribution in [0.3, 0.4) is 0 Å². The van der Waals surface area contributed by atoms with Crippen molar-refractivity contribution in [1.29, 1.82) is 0 Å². The van der Waals surface area contributed by atoms with Gasteiger partial charge in [-0.3, -0.25) is 9.36 Å². The van der Waals surface area contributed by atoms with Gasteiger partial charge in [-0.15, -0.1) is 0 Å². The molecule has 3 heterocycles. The van der Waals surface area contributed by atoms with E-state index in [4.69, 9.17) is 0 Å². The normalized spacial score (nSPS) is 16.6. The van der Waals surface area contributed by atoms with Gasteiger partial charge in [0.2, 0.25) is 11.9 Å². The van der Waals surface area contributed by atoms with Crippen LogP contribution in [0.15, 0.2) is 55.2 Å². The van der Waals surface area contributed by atoms with Gasteiger partial charge >= 0.3 is 0 Å². The molecule has 150 valence electrons. The topological polar surface area (TPSA) is 75.9 Å². The van der Waals surface area contributed by atoms with Crippen molar-refractivity contribution < 1.29 is 9.18 Å². The summed E-state index contributed by atoms with van der Waals surface area (Å²) in [6.07, 6.45) is 10.3. The molecule has 1 unspecified atom stereocenters. The SMILES string of the molecule is O=C(CC1CCCCN1c1ccnc(-n2ccnc2)n1)NCc1cccc(F)c1. The number of hydrogen-bond donors (Lipinski definition) is 1. The van der Waals surface area contributed by atoms with Crippen LogP contribution in [-0.2, 0) is 11.3 Å². The Labute approximate surface area is 168 Å². The van der Waals surface area contributed by atoms with Crippen molar-refractivity contribution in [3.05, 3.63) is 66.6 Å². The zero-order valence-corrected chi connectivity index (χ0v) is 16.0. The maximum absolute atomic E-state index is 13.3. The van der Waals surface area contributed by atoms with Gasteiger partial charge in [0.25, 0.3) is 0 Å². The lowest BCUT2D eigenvalue weighted by molar-refractivity contribution is -0.121. The Morgan fingerprint density at radius 3 is 3.00 bits per heavy atom. The van der Waals surface area contributed by atoms with Gasteiger partial charge in [0.05, 0.1) is 0 Å². The molecule has 1 aliphatic rings.